The van der Waals surface area contributed by atoms with Crippen LogP contribution < -0.4 is 9.47 Å². The van der Waals surface area contributed by atoms with Crippen LogP contribution in [-0.2, 0) is 12.0 Å². The second kappa shape index (κ2) is 6.62. The standard InChI is InChI=1S/C23H29NO2/c1-5-16-11-14-24-19(18(16)6-2)15-17-9-10-20(25-3)22(26-4)21(17)23(24)12-7-8-13-23/h5-10,19H,11-15H2,1-4H3. The Morgan fingerprint density at radius 2 is 1.85 bits per heavy atom. The molecule has 0 aromatic heterocycles. The van der Waals surface area contributed by atoms with Crippen LogP contribution in [-0.4, -0.2) is 31.7 Å². The van der Waals surface area contributed by atoms with Crippen LogP contribution in [0.1, 0.15) is 44.2 Å². The third kappa shape index (κ3) is 2.30. The second-order valence-electron chi connectivity index (χ2n) is 7.47. The Morgan fingerprint density at radius 3 is 2.46 bits per heavy atom. The van der Waals surface area contributed by atoms with Crippen LogP contribution in [0, 0.1) is 0 Å². The zero-order valence-corrected chi connectivity index (χ0v) is 16.3. The van der Waals surface area contributed by atoms with E-state index >= 15 is 0 Å². The van der Waals surface area contributed by atoms with Gasteiger partial charge >= 0.3 is 0 Å². The minimum Gasteiger partial charge on any atom is -0.493 e. The SMILES string of the molecule is CC=C1CCN2C(Cc3ccc(OC)c(OC)c3C23CC=CC3)C1=CC. The van der Waals surface area contributed by atoms with E-state index in [1.807, 2.05) is 0 Å². The number of piperidine rings is 1. The first-order valence-electron chi connectivity index (χ1n) is 9.68. The maximum absolute atomic E-state index is 5.89. The van der Waals surface area contributed by atoms with Crippen molar-refractivity contribution in [3.05, 3.63) is 58.7 Å². The van der Waals surface area contributed by atoms with Crippen molar-refractivity contribution in [2.24, 2.45) is 0 Å². The van der Waals surface area contributed by atoms with E-state index in [-0.39, 0.29) is 5.54 Å². The molecule has 1 atom stereocenters. The molecule has 0 radical (unpaired) electrons. The van der Waals surface area contributed by atoms with Crippen molar-refractivity contribution in [3.63, 3.8) is 0 Å². The molecule has 138 valence electrons. The summed E-state index contributed by atoms with van der Waals surface area (Å²) in [7, 11) is 3.50. The quantitative estimate of drug-likeness (QED) is 0.716. The Labute approximate surface area is 157 Å². The number of rotatable bonds is 2. The molecule has 1 aromatic rings. The normalized spacial score (nSPS) is 27.0. The molecule has 26 heavy (non-hydrogen) atoms. The van der Waals surface area contributed by atoms with E-state index < -0.39 is 0 Å². The van der Waals surface area contributed by atoms with Crippen molar-refractivity contribution in [2.45, 2.75) is 51.1 Å². The molecule has 1 fully saturated rings. The predicted molar refractivity (Wildman–Crippen MR) is 106 cm³/mol. The minimum atomic E-state index is -0.00827. The van der Waals surface area contributed by atoms with E-state index in [1.165, 1.54) is 22.3 Å². The van der Waals surface area contributed by atoms with Gasteiger partial charge in [-0.05, 0) is 62.3 Å². The summed E-state index contributed by atoms with van der Waals surface area (Å²) >= 11 is 0. The second-order valence-corrected chi connectivity index (χ2v) is 7.47. The Hall–Kier alpha value is -2.00. The average Bonchev–Trinajstić information content (AvgIpc) is 3.16. The molecule has 3 nitrogen and oxygen atoms in total. The molecule has 3 heteroatoms. The van der Waals surface area contributed by atoms with Crippen LogP contribution in [0.2, 0.25) is 0 Å². The highest BCUT2D eigenvalue weighted by Crippen LogP contribution is 2.55. The van der Waals surface area contributed by atoms with E-state index in [0.29, 0.717) is 6.04 Å². The van der Waals surface area contributed by atoms with Crippen LogP contribution in [0.25, 0.3) is 0 Å². The maximum Gasteiger partial charge on any atom is 0.166 e. The van der Waals surface area contributed by atoms with Crippen LogP contribution >= 0.6 is 0 Å². The average molecular weight is 351 g/mol. The molecule has 1 saturated heterocycles. The molecule has 0 bridgehead atoms. The summed E-state index contributed by atoms with van der Waals surface area (Å²) < 4.78 is 11.5. The molecule has 1 spiro atoms. The lowest BCUT2D eigenvalue weighted by Crippen LogP contribution is -2.57. The van der Waals surface area contributed by atoms with Gasteiger partial charge in [0.1, 0.15) is 0 Å². The van der Waals surface area contributed by atoms with Crippen molar-refractivity contribution in [2.75, 3.05) is 20.8 Å². The fourth-order valence-electron chi connectivity index (χ4n) is 5.42. The largest absolute Gasteiger partial charge is 0.493 e. The topological polar surface area (TPSA) is 21.7 Å². The maximum atomic E-state index is 5.89. The van der Waals surface area contributed by atoms with Gasteiger partial charge in [0.15, 0.2) is 11.5 Å². The van der Waals surface area contributed by atoms with E-state index in [4.69, 9.17) is 9.47 Å². The van der Waals surface area contributed by atoms with Gasteiger partial charge in [-0.2, -0.15) is 0 Å². The predicted octanol–water partition coefficient (Wildman–Crippen LogP) is 4.77. The van der Waals surface area contributed by atoms with Crippen LogP contribution in [0.5, 0.6) is 11.5 Å². The van der Waals surface area contributed by atoms with Gasteiger partial charge in [-0.3, -0.25) is 4.90 Å². The summed E-state index contributed by atoms with van der Waals surface area (Å²) in [5.41, 5.74) is 5.76. The fraction of sp³-hybridized carbons (Fsp3) is 0.478. The first kappa shape index (κ1) is 17.4. The number of nitrogens with zero attached hydrogens (tertiary/aromatic N) is 1. The Balaban J connectivity index is 1.93. The third-order valence-electron chi connectivity index (χ3n) is 6.53. The molecule has 0 N–H and O–H groups in total. The van der Waals surface area contributed by atoms with Crippen molar-refractivity contribution in [3.8, 4) is 11.5 Å². The van der Waals surface area contributed by atoms with Gasteiger partial charge in [-0.1, -0.05) is 30.4 Å². The fourth-order valence-corrected chi connectivity index (χ4v) is 5.42. The first-order chi connectivity index (χ1) is 12.7. The highest BCUT2D eigenvalue weighted by molar-refractivity contribution is 5.58. The minimum absolute atomic E-state index is 0.00827. The summed E-state index contributed by atoms with van der Waals surface area (Å²) in [6.45, 7) is 5.46. The van der Waals surface area contributed by atoms with Crippen molar-refractivity contribution < 1.29 is 9.47 Å². The molecule has 1 aromatic carbocycles. The highest BCUT2D eigenvalue weighted by Gasteiger charge is 2.51. The number of allylic oxidation sites excluding steroid dienone is 2. The molecule has 4 rings (SSSR count). The van der Waals surface area contributed by atoms with Gasteiger partial charge in [-0.25, -0.2) is 0 Å². The van der Waals surface area contributed by atoms with Crippen molar-refractivity contribution >= 4 is 0 Å². The number of benzene rings is 1. The zero-order valence-electron chi connectivity index (χ0n) is 16.3. The summed E-state index contributed by atoms with van der Waals surface area (Å²) in [4.78, 5) is 2.75. The zero-order chi connectivity index (χ0) is 18.3. The Bertz CT molecular complexity index is 795. The van der Waals surface area contributed by atoms with Gasteiger partial charge in [-0.15, -0.1) is 0 Å². The summed E-state index contributed by atoms with van der Waals surface area (Å²) in [6.07, 6.45) is 13.6. The smallest absolute Gasteiger partial charge is 0.166 e. The number of methoxy groups -OCH3 is 2. The third-order valence-corrected chi connectivity index (χ3v) is 6.53. The van der Waals surface area contributed by atoms with Gasteiger partial charge in [0.2, 0.25) is 0 Å². The summed E-state index contributed by atoms with van der Waals surface area (Å²) in [5, 5.41) is 0. The lowest BCUT2D eigenvalue weighted by atomic mass is 9.71. The molecule has 2 heterocycles. The van der Waals surface area contributed by atoms with E-state index in [1.54, 1.807) is 14.2 Å². The molecular weight excluding hydrogens is 322 g/mol. The molecule has 1 aliphatic carbocycles. The lowest BCUT2D eigenvalue weighted by molar-refractivity contribution is 0.0387. The van der Waals surface area contributed by atoms with Gasteiger partial charge < -0.3 is 9.47 Å². The van der Waals surface area contributed by atoms with Gasteiger partial charge in [0.25, 0.3) is 0 Å². The number of fused-ring (bicyclic) bond motifs is 4. The van der Waals surface area contributed by atoms with Gasteiger partial charge in [0, 0.05) is 18.2 Å². The highest BCUT2D eigenvalue weighted by atomic mass is 16.5. The Kier molecular flexibility index (Phi) is 4.44. The van der Waals surface area contributed by atoms with Gasteiger partial charge in [0.05, 0.1) is 19.8 Å². The molecule has 1 unspecified atom stereocenters. The van der Waals surface area contributed by atoms with Crippen LogP contribution in [0.4, 0.5) is 0 Å². The molecule has 2 aliphatic heterocycles. The van der Waals surface area contributed by atoms with E-state index in [2.05, 4.69) is 55.2 Å². The number of ether oxygens (including phenoxy) is 2. The van der Waals surface area contributed by atoms with E-state index in [0.717, 1.165) is 43.7 Å². The van der Waals surface area contributed by atoms with E-state index in [9.17, 15) is 0 Å². The van der Waals surface area contributed by atoms with Crippen molar-refractivity contribution in [1.82, 2.24) is 4.90 Å². The molecule has 3 aliphatic rings. The molecule has 0 amide bonds. The number of hydrogen-bond donors (Lipinski definition) is 0. The van der Waals surface area contributed by atoms with Crippen LogP contribution in [0.15, 0.2) is 47.6 Å². The monoisotopic (exact) mass is 351 g/mol. The number of hydrogen-bond acceptors (Lipinski definition) is 3. The van der Waals surface area contributed by atoms with Crippen molar-refractivity contribution in [1.29, 1.82) is 0 Å². The lowest BCUT2D eigenvalue weighted by Gasteiger charge is -2.54. The summed E-state index contributed by atoms with van der Waals surface area (Å²) in [6, 6.07) is 4.77. The van der Waals surface area contributed by atoms with Crippen LogP contribution in [0.3, 0.4) is 0 Å². The summed E-state index contributed by atoms with van der Waals surface area (Å²) in [5.74, 6) is 1.76. The Morgan fingerprint density at radius 1 is 1.08 bits per heavy atom. The molecular formula is C23H29NO2. The first-order valence-corrected chi connectivity index (χ1v) is 9.68. The molecule has 0 saturated carbocycles.